The molecule has 106 valence electrons. The molecule has 0 aliphatic rings. The van der Waals surface area contributed by atoms with Crippen molar-refractivity contribution in [2.45, 2.75) is 21.3 Å². The number of ketones is 1. The van der Waals surface area contributed by atoms with Crippen LogP contribution in [0.2, 0.25) is 8.67 Å². The molecule has 1 heterocycles. The molecule has 1 aromatic heterocycles. The van der Waals surface area contributed by atoms with E-state index in [2.05, 4.69) is 11.6 Å². The molecule has 0 atom stereocenters. The Kier molecular flexibility index (Phi) is 12.7. The van der Waals surface area contributed by atoms with Gasteiger partial charge in [-0.1, -0.05) is 38.1 Å². The summed E-state index contributed by atoms with van der Waals surface area (Å²) >= 11 is 14.7. The quantitative estimate of drug-likeness (QED) is 0.572. The van der Waals surface area contributed by atoms with Crippen LogP contribution in [-0.2, 0) is 0 Å². The highest BCUT2D eigenvalue weighted by atomic mass is 35.5. The molecule has 6 heteroatoms. The second kappa shape index (κ2) is 11.1. The lowest BCUT2D eigenvalue weighted by molar-refractivity contribution is 0.0983. The first-order valence-corrected chi connectivity index (χ1v) is 7.79. The summed E-state index contributed by atoms with van der Waals surface area (Å²) in [6.07, 6.45) is 2.52. The van der Waals surface area contributed by atoms with Crippen LogP contribution >= 0.6 is 46.3 Å². The van der Waals surface area contributed by atoms with Crippen LogP contribution in [-0.4, -0.2) is 30.9 Å². The summed E-state index contributed by atoms with van der Waals surface area (Å²) in [4.78, 5) is 11.7. The number of rotatable bonds is 7. The fourth-order valence-corrected chi connectivity index (χ4v) is 3.01. The van der Waals surface area contributed by atoms with E-state index in [0.717, 1.165) is 12.3 Å². The minimum atomic E-state index is 0. The molecule has 1 aromatic rings. The average Bonchev–Trinajstić information content (AvgIpc) is 2.57. The van der Waals surface area contributed by atoms with Crippen LogP contribution in [0.4, 0.5) is 0 Å². The number of hydrogen-bond acceptors (Lipinski definition) is 4. The summed E-state index contributed by atoms with van der Waals surface area (Å²) in [5.41, 5.74) is 0.545. The molecule has 0 aromatic carbocycles. The molecule has 0 amide bonds. The highest BCUT2D eigenvalue weighted by Gasteiger charge is 2.13. The van der Waals surface area contributed by atoms with Crippen molar-refractivity contribution < 1.29 is 4.79 Å². The van der Waals surface area contributed by atoms with E-state index in [1.807, 2.05) is 0 Å². The van der Waals surface area contributed by atoms with E-state index in [1.165, 1.54) is 11.3 Å². The maximum atomic E-state index is 11.7. The lowest BCUT2D eigenvalue weighted by Crippen LogP contribution is -2.20. The number of thiophene rings is 1. The maximum absolute atomic E-state index is 11.7. The molecule has 18 heavy (non-hydrogen) atoms. The van der Waals surface area contributed by atoms with Crippen LogP contribution in [0.3, 0.4) is 0 Å². The predicted molar refractivity (Wildman–Crippen MR) is 88.0 cm³/mol. The molecular weight excluding hydrogens is 309 g/mol. The lowest BCUT2D eigenvalue weighted by atomic mass is 10.1. The Morgan fingerprint density at radius 1 is 1.39 bits per heavy atom. The smallest absolute Gasteiger partial charge is 0.166 e. The van der Waals surface area contributed by atoms with Crippen LogP contribution < -0.4 is 5.32 Å². The standard InChI is InChI=1S/C10H13Cl2NOS2.2CH4/c1-15-5-4-13-3-2-8(14)7-6-9(11)16-10(7)12;;/h6,13H,2-5H2,1H3;2*1H4. The Morgan fingerprint density at radius 2 is 2.06 bits per heavy atom. The van der Waals surface area contributed by atoms with Crippen LogP contribution in [0.1, 0.15) is 31.6 Å². The second-order valence-corrected chi connectivity index (χ2v) is 6.43. The van der Waals surface area contributed by atoms with Crippen molar-refractivity contribution in [1.82, 2.24) is 5.32 Å². The molecule has 0 radical (unpaired) electrons. The van der Waals surface area contributed by atoms with Gasteiger partial charge in [0.15, 0.2) is 5.78 Å². The Bertz CT molecular complexity index is 356. The molecule has 0 saturated carbocycles. The van der Waals surface area contributed by atoms with Gasteiger partial charge in [-0.3, -0.25) is 4.79 Å². The van der Waals surface area contributed by atoms with Crippen LogP contribution in [0.5, 0.6) is 0 Å². The normalized spacial score (nSPS) is 9.50. The van der Waals surface area contributed by atoms with Crippen molar-refractivity contribution in [2.24, 2.45) is 0 Å². The number of carbonyl (C=O) groups excluding carboxylic acids is 1. The highest BCUT2D eigenvalue weighted by Crippen LogP contribution is 2.31. The molecule has 0 bridgehead atoms. The first kappa shape index (κ1) is 20.6. The van der Waals surface area contributed by atoms with E-state index in [-0.39, 0.29) is 20.6 Å². The SMILES string of the molecule is C.C.CSCCNCCC(=O)c1cc(Cl)sc1Cl. The monoisotopic (exact) mass is 329 g/mol. The number of thioether (sulfide) groups is 1. The van der Waals surface area contributed by atoms with Crippen molar-refractivity contribution in [3.8, 4) is 0 Å². The van der Waals surface area contributed by atoms with Crippen molar-refractivity contribution in [2.75, 3.05) is 25.1 Å². The summed E-state index contributed by atoms with van der Waals surface area (Å²) in [5.74, 6) is 1.10. The van der Waals surface area contributed by atoms with Gasteiger partial charge in [0.05, 0.1) is 4.34 Å². The largest absolute Gasteiger partial charge is 0.315 e. The average molecular weight is 330 g/mol. The number of hydrogen-bond donors (Lipinski definition) is 1. The van der Waals surface area contributed by atoms with Gasteiger partial charge in [-0.15, -0.1) is 11.3 Å². The lowest BCUT2D eigenvalue weighted by Gasteiger charge is -2.02. The van der Waals surface area contributed by atoms with Crippen molar-refractivity contribution >= 4 is 52.1 Å². The number of carbonyl (C=O) groups is 1. The van der Waals surface area contributed by atoms with E-state index in [9.17, 15) is 4.79 Å². The van der Waals surface area contributed by atoms with E-state index >= 15 is 0 Å². The van der Waals surface area contributed by atoms with Crippen LogP contribution in [0.25, 0.3) is 0 Å². The molecule has 0 unspecified atom stereocenters. The van der Waals surface area contributed by atoms with Gasteiger partial charge in [0, 0.05) is 30.8 Å². The van der Waals surface area contributed by atoms with Gasteiger partial charge < -0.3 is 5.32 Å². The first-order chi connectivity index (χ1) is 7.65. The maximum Gasteiger partial charge on any atom is 0.166 e. The molecule has 0 aliphatic carbocycles. The van der Waals surface area contributed by atoms with Crippen LogP contribution in [0.15, 0.2) is 6.07 Å². The Labute approximate surface area is 128 Å². The number of halogens is 2. The number of nitrogens with one attached hydrogen (secondary N) is 1. The summed E-state index contributed by atoms with van der Waals surface area (Å²) in [6, 6.07) is 1.64. The van der Waals surface area contributed by atoms with Crippen molar-refractivity contribution in [1.29, 1.82) is 0 Å². The molecule has 0 aliphatic heterocycles. The van der Waals surface area contributed by atoms with Gasteiger partial charge in [0.1, 0.15) is 4.34 Å². The molecule has 2 nitrogen and oxygen atoms in total. The Morgan fingerprint density at radius 3 is 2.56 bits per heavy atom. The summed E-state index contributed by atoms with van der Waals surface area (Å²) < 4.78 is 1.04. The second-order valence-electron chi connectivity index (χ2n) is 3.15. The minimum Gasteiger partial charge on any atom is -0.315 e. The summed E-state index contributed by atoms with van der Waals surface area (Å²) in [7, 11) is 0. The third-order valence-electron chi connectivity index (χ3n) is 1.97. The van der Waals surface area contributed by atoms with Gasteiger partial charge >= 0.3 is 0 Å². The zero-order valence-corrected chi connectivity index (χ0v) is 12.0. The zero-order chi connectivity index (χ0) is 12.0. The topological polar surface area (TPSA) is 29.1 Å². The zero-order valence-electron chi connectivity index (χ0n) is 8.89. The van der Waals surface area contributed by atoms with E-state index < -0.39 is 0 Å². The van der Waals surface area contributed by atoms with Gasteiger partial charge in [-0.2, -0.15) is 11.8 Å². The molecule has 0 fully saturated rings. The molecular formula is C12H21Cl2NOS2. The highest BCUT2D eigenvalue weighted by molar-refractivity contribution is 7.98. The Balaban J connectivity index is 0. The molecule has 1 N–H and O–H groups in total. The number of Topliss-reactive ketones (excluding diaryl/α,β-unsaturated/α-hetero) is 1. The molecule has 0 spiro atoms. The van der Waals surface area contributed by atoms with Gasteiger partial charge in [-0.05, 0) is 12.3 Å². The fraction of sp³-hybridized carbons (Fsp3) is 0.583. The summed E-state index contributed by atoms with van der Waals surface area (Å²) in [5, 5.41) is 3.20. The van der Waals surface area contributed by atoms with Gasteiger partial charge in [0.25, 0.3) is 0 Å². The first-order valence-electron chi connectivity index (χ1n) is 4.83. The third-order valence-corrected chi connectivity index (χ3v) is 4.07. The predicted octanol–water partition coefficient (Wildman–Crippen LogP) is 4.85. The Hall–Kier alpha value is 0.260. The van der Waals surface area contributed by atoms with E-state index in [4.69, 9.17) is 23.2 Å². The van der Waals surface area contributed by atoms with E-state index in [0.29, 0.717) is 27.2 Å². The van der Waals surface area contributed by atoms with E-state index in [1.54, 1.807) is 17.8 Å². The van der Waals surface area contributed by atoms with Crippen molar-refractivity contribution in [3.63, 3.8) is 0 Å². The van der Waals surface area contributed by atoms with Gasteiger partial charge in [0.2, 0.25) is 0 Å². The fourth-order valence-electron chi connectivity index (χ4n) is 1.17. The molecule has 0 saturated heterocycles. The van der Waals surface area contributed by atoms with Crippen LogP contribution in [0, 0.1) is 0 Å². The van der Waals surface area contributed by atoms with Crippen molar-refractivity contribution in [3.05, 3.63) is 20.3 Å². The minimum absolute atomic E-state index is 0. The molecule has 1 rings (SSSR count). The summed E-state index contributed by atoms with van der Waals surface area (Å²) in [6.45, 7) is 1.61. The van der Waals surface area contributed by atoms with Gasteiger partial charge in [-0.25, -0.2) is 0 Å². The third kappa shape index (κ3) is 7.00.